The van der Waals surface area contributed by atoms with E-state index in [1.165, 1.54) is 13.0 Å². The number of halogens is 2. The molecule has 7 heteroatoms. The van der Waals surface area contributed by atoms with Crippen molar-refractivity contribution in [3.05, 3.63) is 23.0 Å². The van der Waals surface area contributed by atoms with Crippen molar-refractivity contribution in [2.45, 2.75) is 85.2 Å². The molecule has 4 aliphatic rings. The minimum atomic E-state index is -3.02. The summed E-state index contributed by atoms with van der Waals surface area (Å²) in [5, 5.41) is 0. The summed E-state index contributed by atoms with van der Waals surface area (Å²) >= 11 is 0. The Morgan fingerprint density at radius 1 is 1.06 bits per heavy atom. The standard InChI is InChI=1S/C25H32F2O5/c1-13(28)31-21-8-7-18-16-6-5-15-11-20(30)17(22(23(26)27)32-14(2)29)12-25(15,4)19(16)9-10-24(18,21)3/h11,16,18-19,21,23H,5-10,12H2,1-4H3/b22-17-/t16-,18-,19-,21+,24-,25-/m0/s1. The lowest BCUT2D eigenvalue weighted by Gasteiger charge is -2.58. The Labute approximate surface area is 187 Å². The van der Waals surface area contributed by atoms with Crippen LogP contribution in [0, 0.1) is 28.6 Å². The minimum Gasteiger partial charge on any atom is -0.462 e. The molecular weight excluding hydrogens is 418 g/mol. The first-order valence-corrected chi connectivity index (χ1v) is 11.6. The summed E-state index contributed by atoms with van der Waals surface area (Å²) < 4.78 is 37.9. The first kappa shape index (κ1) is 23.1. The molecule has 4 rings (SSSR count). The highest BCUT2D eigenvalue weighted by molar-refractivity contribution is 6.06. The largest absolute Gasteiger partial charge is 0.462 e. The highest BCUT2D eigenvalue weighted by atomic mass is 19.3. The molecule has 0 radical (unpaired) electrons. The zero-order chi connectivity index (χ0) is 23.4. The first-order valence-electron chi connectivity index (χ1n) is 11.6. The van der Waals surface area contributed by atoms with Gasteiger partial charge in [0, 0.05) is 24.8 Å². The lowest BCUT2D eigenvalue weighted by molar-refractivity contribution is -0.157. The summed E-state index contributed by atoms with van der Waals surface area (Å²) in [7, 11) is 0. The van der Waals surface area contributed by atoms with Crippen molar-refractivity contribution in [3.8, 4) is 0 Å². The number of fused-ring (bicyclic) bond motifs is 5. The number of hydrogen-bond acceptors (Lipinski definition) is 5. The number of alkyl halides is 2. The fourth-order valence-electron chi connectivity index (χ4n) is 7.46. The van der Waals surface area contributed by atoms with Crippen molar-refractivity contribution in [2.24, 2.45) is 28.6 Å². The number of ether oxygens (including phenoxy) is 2. The average molecular weight is 451 g/mol. The third-order valence-corrected chi connectivity index (χ3v) is 8.85. The van der Waals surface area contributed by atoms with Crippen LogP contribution in [0.2, 0.25) is 0 Å². The van der Waals surface area contributed by atoms with E-state index in [1.807, 2.05) is 0 Å². The average Bonchev–Trinajstić information content (AvgIpc) is 3.02. The topological polar surface area (TPSA) is 69.7 Å². The van der Waals surface area contributed by atoms with Gasteiger partial charge in [-0.05, 0) is 74.2 Å². The van der Waals surface area contributed by atoms with Crippen LogP contribution in [-0.2, 0) is 23.9 Å². The number of rotatable bonds is 3. The van der Waals surface area contributed by atoms with Gasteiger partial charge in [0.15, 0.2) is 11.5 Å². The van der Waals surface area contributed by atoms with E-state index >= 15 is 0 Å². The molecule has 0 aromatic rings. The lowest BCUT2D eigenvalue weighted by atomic mass is 9.47. The summed E-state index contributed by atoms with van der Waals surface area (Å²) in [4.78, 5) is 35.8. The summed E-state index contributed by atoms with van der Waals surface area (Å²) in [5.41, 5.74) is 0.467. The number of carbonyl (C=O) groups excluding carboxylic acids is 3. The van der Waals surface area contributed by atoms with Gasteiger partial charge in [-0.2, -0.15) is 0 Å². The van der Waals surface area contributed by atoms with Gasteiger partial charge in [-0.15, -0.1) is 0 Å². The van der Waals surface area contributed by atoms with Crippen LogP contribution in [0.1, 0.15) is 72.6 Å². The van der Waals surface area contributed by atoms with Gasteiger partial charge in [-0.1, -0.05) is 19.4 Å². The zero-order valence-corrected chi connectivity index (χ0v) is 19.2. The SMILES string of the molecule is CC(=O)O/C(=C1/C[C@@]2(C)C(=CC1=O)CC[C@H]1[C@@H]3CC[C@@H](OC(C)=O)[C@@]3(C)CC[C@@H]12)C(F)F. The Morgan fingerprint density at radius 3 is 2.41 bits per heavy atom. The van der Waals surface area contributed by atoms with Crippen LogP contribution in [-0.4, -0.2) is 30.3 Å². The van der Waals surface area contributed by atoms with E-state index < -0.39 is 29.4 Å². The van der Waals surface area contributed by atoms with Gasteiger partial charge in [0.05, 0.1) is 0 Å². The number of ketones is 1. The van der Waals surface area contributed by atoms with Crippen LogP contribution in [0.15, 0.2) is 23.0 Å². The smallest absolute Gasteiger partial charge is 0.307 e. The van der Waals surface area contributed by atoms with E-state index in [0.29, 0.717) is 11.8 Å². The molecule has 32 heavy (non-hydrogen) atoms. The van der Waals surface area contributed by atoms with Crippen molar-refractivity contribution >= 4 is 17.7 Å². The zero-order valence-electron chi connectivity index (χ0n) is 19.2. The van der Waals surface area contributed by atoms with E-state index in [-0.39, 0.29) is 35.4 Å². The fraction of sp³-hybridized carbons (Fsp3) is 0.720. The molecule has 0 saturated heterocycles. The van der Waals surface area contributed by atoms with Crippen molar-refractivity contribution < 1.29 is 32.6 Å². The second-order valence-corrected chi connectivity index (χ2v) is 10.5. The van der Waals surface area contributed by atoms with Gasteiger partial charge in [-0.3, -0.25) is 14.4 Å². The molecular formula is C25H32F2O5. The van der Waals surface area contributed by atoms with Crippen LogP contribution in [0.3, 0.4) is 0 Å². The van der Waals surface area contributed by atoms with Crippen LogP contribution in [0.4, 0.5) is 8.78 Å². The Hall–Kier alpha value is -2.05. The summed E-state index contributed by atoms with van der Waals surface area (Å²) in [5.74, 6) is -1.33. The predicted molar refractivity (Wildman–Crippen MR) is 112 cm³/mol. The van der Waals surface area contributed by atoms with Crippen LogP contribution in [0.5, 0.6) is 0 Å². The number of allylic oxidation sites excluding steroid dienone is 3. The van der Waals surface area contributed by atoms with E-state index in [0.717, 1.165) is 51.0 Å². The van der Waals surface area contributed by atoms with Gasteiger partial charge >= 0.3 is 11.9 Å². The monoisotopic (exact) mass is 450 g/mol. The van der Waals surface area contributed by atoms with Gasteiger partial charge in [-0.25, -0.2) is 8.78 Å². The van der Waals surface area contributed by atoms with Crippen molar-refractivity contribution in [1.82, 2.24) is 0 Å². The third-order valence-electron chi connectivity index (χ3n) is 8.85. The maximum Gasteiger partial charge on any atom is 0.307 e. The molecule has 0 aromatic heterocycles. The van der Waals surface area contributed by atoms with E-state index in [9.17, 15) is 23.2 Å². The van der Waals surface area contributed by atoms with E-state index in [2.05, 4.69) is 13.8 Å². The molecule has 3 saturated carbocycles. The predicted octanol–water partition coefficient (Wildman–Crippen LogP) is 5.14. The third kappa shape index (κ3) is 3.61. The molecule has 0 unspecified atom stereocenters. The van der Waals surface area contributed by atoms with Crippen LogP contribution < -0.4 is 0 Å². The second kappa shape index (κ2) is 8.07. The molecule has 5 nitrogen and oxygen atoms in total. The summed E-state index contributed by atoms with van der Waals surface area (Å²) in [6, 6.07) is 0. The molecule has 176 valence electrons. The summed E-state index contributed by atoms with van der Waals surface area (Å²) in [6.07, 6.45) is 3.94. The number of carbonyl (C=O) groups is 3. The molecule has 0 aromatic carbocycles. The maximum atomic E-state index is 13.7. The van der Waals surface area contributed by atoms with E-state index in [4.69, 9.17) is 9.47 Å². The lowest BCUT2D eigenvalue weighted by Crippen LogP contribution is -2.52. The van der Waals surface area contributed by atoms with Gasteiger partial charge < -0.3 is 9.47 Å². The minimum absolute atomic E-state index is 0.0698. The van der Waals surface area contributed by atoms with E-state index in [1.54, 1.807) is 0 Å². The van der Waals surface area contributed by atoms with Crippen LogP contribution >= 0.6 is 0 Å². The molecule has 0 bridgehead atoms. The molecule has 0 spiro atoms. The fourth-order valence-corrected chi connectivity index (χ4v) is 7.46. The molecule has 0 heterocycles. The normalized spacial score (nSPS) is 40.1. The van der Waals surface area contributed by atoms with Gasteiger partial charge in [0.2, 0.25) is 0 Å². The number of esters is 2. The molecule has 0 N–H and O–H groups in total. The summed E-state index contributed by atoms with van der Waals surface area (Å²) in [6.45, 7) is 6.84. The van der Waals surface area contributed by atoms with Crippen molar-refractivity contribution in [1.29, 1.82) is 0 Å². The molecule has 3 fully saturated rings. The number of hydrogen-bond donors (Lipinski definition) is 0. The molecule has 6 atom stereocenters. The van der Waals surface area contributed by atoms with Gasteiger partial charge in [0.1, 0.15) is 6.10 Å². The Bertz CT molecular complexity index is 906. The van der Waals surface area contributed by atoms with Crippen molar-refractivity contribution in [2.75, 3.05) is 0 Å². The molecule has 0 aliphatic heterocycles. The molecule has 4 aliphatic carbocycles. The van der Waals surface area contributed by atoms with Crippen molar-refractivity contribution in [3.63, 3.8) is 0 Å². The molecule has 0 amide bonds. The maximum absolute atomic E-state index is 13.7. The highest BCUT2D eigenvalue weighted by Crippen LogP contribution is 2.66. The highest BCUT2D eigenvalue weighted by Gasteiger charge is 2.60. The first-order chi connectivity index (χ1) is 15.0. The quantitative estimate of drug-likeness (QED) is 0.338. The Morgan fingerprint density at radius 2 is 1.78 bits per heavy atom. The second-order valence-electron chi connectivity index (χ2n) is 10.5. The van der Waals surface area contributed by atoms with Crippen LogP contribution in [0.25, 0.3) is 0 Å². The van der Waals surface area contributed by atoms with Gasteiger partial charge in [0.25, 0.3) is 6.43 Å². The Balaban J connectivity index is 1.68. The Kier molecular flexibility index (Phi) is 5.83.